The molecule has 11 nitrogen and oxygen atoms in total. The zero-order valence-electron chi connectivity index (χ0n) is 23.6. The van der Waals surface area contributed by atoms with E-state index in [1.807, 2.05) is 0 Å². The smallest absolute Gasteiger partial charge is 0.323 e. The van der Waals surface area contributed by atoms with Crippen LogP contribution in [-0.2, 0) is 9.73 Å². The van der Waals surface area contributed by atoms with E-state index in [0.717, 1.165) is 6.42 Å². The molecule has 1 aliphatic rings. The lowest BCUT2D eigenvalue weighted by atomic mass is 10.1. The van der Waals surface area contributed by atoms with Gasteiger partial charge in [0.15, 0.2) is 17.4 Å². The number of benzene rings is 1. The molecular weight excluding hydrogens is 494 g/mol. The van der Waals surface area contributed by atoms with Gasteiger partial charge in [-0.2, -0.15) is 4.36 Å². The Morgan fingerprint density at radius 1 is 1.16 bits per heavy atom. The Hall–Kier alpha value is -4.06. The standard InChI is InChI=1S/C25H29N7O4S/c1-5-21(33)17-13-27-22(30-25(34)32-10-7-11-32)12-19(17)29-18-9-6-8-16(24(18)36-2)20-14-28-23(15-26-20)31-37(3,4)35/h6,8-9,12-15H,5,7,10-11H2,1-4H3,(H2,27,29,30,34)/i1D3. The van der Waals surface area contributed by atoms with Crippen molar-refractivity contribution < 1.29 is 22.6 Å². The van der Waals surface area contributed by atoms with Crippen LogP contribution < -0.4 is 15.4 Å². The zero-order chi connectivity index (χ0) is 29.1. The first-order valence-electron chi connectivity index (χ1n) is 12.9. The summed E-state index contributed by atoms with van der Waals surface area (Å²) in [6.45, 7) is -1.19. The third-order valence-corrected chi connectivity index (χ3v) is 6.09. The first-order valence-corrected chi connectivity index (χ1v) is 13.7. The number of ether oxygens (including phenoxy) is 1. The van der Waals surface area contributed by atoms with Gasteiger partial charge in [0.05, 0.1) is 42.1 Å². The number of methoxy groups -OCH3 is 1. The number of Topliss-reactive ketones (excluding diaryl/α,β-unsaturated/α-hetero) is 1. The Bertz CT molecular complexity index is 1540. The Morgan fingerprint density at radius 3 is 2.59 bits per heavy atom. The second-order valence-corrected chi connectivity index (χ2v) is 11.1. The Labute approximate surface area is 220 Å². The molecule has 0 atom stereocenters. The molecule has 3 heterocycles. The average molecular weight is 527 g/mol. The fraction of sp³-hybridized carbons (Fsp3) is 0.320. The number of hydrogen-bond donors (Lipinski definition) is 2. The minimum Gasteiger partial charge on any atom is -0.494 e. The topological polar surface area (TPSA) is 139 Å². The van der Waals surface area contributed by atoms with Crippen molar-refractivity contribution in [3.63, 3.8) is 0 Å². The minimum absolute atomic E-state index is 0.0408. The van der Waals surface area contributed by atoms with Gasteiger partial charge < -0.3 is 15.0 Å². The van der Waals surface area contributed by atoms with E-state index in [2.05, 4.69) is 29.9 Å². The third kappa shape index (κ3) is 6.20. The maximum Gasteiger partial charge on any atom is 0.323 e. The number of urea groups is 1. The Kier molecular flexibility index (Phi) is 6.53. The number of aromatic nitrogens is 3. The molecule has 2 aromatic heterocycles. The number of rotatable bonds is 8. The number of anilines is 3. The average Bonchev–Trinajstić information content (AvgIpc) is 2.81. The van der Waals surface area contributed by atoms with E-state index in [-0.39, 0.29) is 28.9 Å². The predicted molar refractivity (Wildman–Crippen MR) is 143 cm³/mol. The molecule has 1 saturated heterocycles. The van der Waals surface area contributed by atoms with Crippen LogP contribution in [0.3, 0.4) is 0 Å². The van der Waals surface area contributed by atoms with Crippen molar-refractivity contribution in [1.29, 1.82) is 0 Å². The number of pyridine rings is 1. The second-order valence-electron chi connectivity index (χ2n) is 8.53. The lowest BCUT2D eigenvalue weighted by molar-refractivity contribution is 0.0988. The number of carbonyl (C=O) groups excluding carboxylic acids is 2. The number of ketones is 1. The normalized spacial score (nSPS) is 14.5. The maximum absolute atomic E-state index is 12.9. The van der Waals surface area contributed by atoms with Crippen molar-refractivity contribution in [2.24, 2.45) is 4.36 Å². The molecule has 194 valence electrons. The molecule has 0 unspecified atom stereocenters. The van der Waals surface area contributed by atoms with Gasteiger partial charge in [-0.1, -0.05) is 12.9 Å². The molecule has 2 N–H and O–H groups in total. The van der Waals surface area contributed by atoms with E-state index in [0.29, 0.717) is 35.8 Å². The second kappa shape index (κ2) is 10.9. The van der Waals surface area contributed by atoms with Gasteiger partial charge in [0.1, 0.15) is 5.82 Å². The molecule has 1 fully saturated rings. The van der Waals surface area contributed by atoms with Crippen LogP contribution in [0.5, 0.6) is 5.75 Å². The van der Waals surface area contributed by atoms with Crippen LogP contribution in [-0.4, -0.2) is 68.6 Å². The highest BCUT2D eigenvalue weighted by atomic mass is 32.2. The van der Waals surface area contributed by atoms with Crippen LogP contribution >= 0.6 is 0 Å². The van der Waals surface area contributed by atoms with Crippen molar-refractivity contribution in [1.82, 2.24) is 19.9 Å². The fourth-order valence-electron chi connectivity index (χ4n) is 3.59. The van der Waals surface area contributed by atoms with Gasteiger partial charge in [0.2, 0.25) is 0 Å². The quantitative estimate of drug-likeness (QED) is 0.410. The van der Waals surface area contributed by atoms with Crippen LogP contribution in [0.4, 0.5) is 27.8 Å². The van der Waals surface area contributed by atoms with Crippen molar-refractivity contribution >= 4 is 44.6 Å². The highest BCUT2D eigenvalue weighted by molar-refractivity contribution is 7.92. The predicted octanol–water partition coefficient (Wildman–Crippen LogP) is 4.48. The number of carbonyl (C=O) groups is 2. The van der Waals surface area contributed by atoms with Crippen molar-refractivity contribution in [2.75, 3.05) is 43.3 Å². The Morgan fingerprint density at radius 2 is 1.97 bits per heavy atom. The maximum atomic E-state index is 12.9. The lowest BCUT2D eigenvalue weighted by Gasteiger charge is -2.30. The zero-order valence-corrected chi connectivity index (χ0v) is 21.5. The molecule has 1 aliphatic heterocycles. The number of hydrogen-bond acceptors (Lipinski definition) is 9. The first-order chi connectivity index (χ1) is 18.8. The van der Waals surface area contributed by atoms with Crippen molar-refractivity contribution in [2.45, 2.75) is 19.7 Å². The molecule has 12 heteroatoms. The summed E-state index contributed by atoms with van der Waals surface area (Å²) in [6.07, 6.45) is 7.36. The van der Waals surface area contributed by atoms with Gasteiger partial charge in [-0.25, -0.2) is 19.0 Å². The Balaban J connectivity index is 1.71. The van der Waals surface area contributed by atoms with Gasteiger partial charge in [-0.05, 0) is 18.6 Å². The number of amides is 2. The van der Waals surface area contributed by atoms with Crippen molar-refractivity contribution in [3.05, 3.63) is 48.4 Å². The van der Waals surface area contributed by atoms with E-state index in [1.165, 1.54) is 44.3 Å². The van der Waals surface area contributed by atoms with E-state index >= 15 is 0 Å². The third-order valence-electron chi connectivity index (χ3n) is 5.46. The SMILES string of the molecule is [2H]C([2H])([2H])CC(=O)c1cnc(NC(=O)N2CCC2)cc1Nc1cccc(-c2cnc(N=S(C)(C)=O)cn2)c1OC. The summed E-state index contributed by atoms with van der Waals surface area (Å²) in [5, 5.41) is 5.85. The van der Waals surface area contributed by atoms with Gasteiger partial charge >= 0.3 is 6.03 Å². The molecule has 0 bridgehead atoms. The van der Waals surface area contributed by atoms with Crippen LogP contribution in [0.25, 0.3) is 11.3 Å². The van der Waals surface area contributed by atoms with Gasteiger partial charge in [0.25, 0.3) is 0 Å². The molecule has 2 amide bonds. The fourth-order valence-corrected chi connectivity index (χ4v) is 4.13. The summed E-state index contributed by atoms with van der Waals surface area (Å²) in [5.74, 6) is 0.149. The monoisotopic (exact) mass is 526 g/mol. The summed E-state index contributed by atoms with van der Waals surface area (Å²) < 4.78 is 44.2. The van der Waals surface area contributed by atoms with E-state index in [1.54, 1.807) is 23.1 Å². The molecule has 1 aromatic carbocycles. The first kappa shape index (κ1) is 22.2. The van der Waals surface area contributed by atoms with Crippen LogP contribution in [0.2, 0.25) is 0 Å². The van der Waals surface area contributed by atoms with Crippen LogP contribution in [0.1, 0.15) is 34.2 Å². The van der Waals surface area contributed by atoms with Crippen LogP contribution in [0, 0.1) is 0 Å². The van der Waals surface area contributed by atoms with Crippen LogP contribution in [0.15, 0.2) is 47.2 Å². The highest BCUT2D eigenvalue weighted by Gasteiger charge is 2.22. The van der Waals surface area contributed by atoms with E-state index < -0.39 is 28.8 Å². The summed E-state index contributed by atoms with van der Waals surface area (Å²) in [6, 6.07) is 6.36. The molecule has 0 spiro atoms. The summed E-state index contributed by atoms with van der Waals surface area (Å²) >= 11 is 0. The number of nitrogens with one attached hydrogen (secondary N) is 2. The molecule has 0 aliphatic carbocycles. The van der Waals surface area contributed by atoms with Gasteiger partial charge in [-0.3, -0.25) is 15.1 Å². The molecular formula is C25H29N7O4S. The van der Waals surface area contributed by atoms with E-state index in [9.17, 15) is 13.8 Å². The number of likely N-dealkylation sites (tertiary alicyclic amines) is 1. The molecule has 4 rings (SSSR count). The molecule has 0 radical (unpaired) electrons. The molecule has 37 heavy (non-hydrogen) atoms. The van der Waals surface area contributed by atoms with Gasteiger partial charge in [-0.15, -0.1) is 0 Å². The number of nitrogens with zero attached hydrogens (tertiary/aromatic N) is 5. The minimum atomic E-state index is -2.48. The summed E-state index contributed by atoms with van der Waals surface area (Å²) in [7, 11) is -0.936. The van der Waals surface area contributed by atoms with E-state index in [4.69, 9.17) is 8.85 Å². The highest BCUT2D eigenvalue weighted by Crippen LogP contribution is 2.38. The number of para-hydroxylation sites is 1. The van der Waals surface area contributed by atoms with Gasteiger partial charge in [0, 0.05) is 63.7 Å². The molecule has 3 aromatic rings. The summed E-state index contributed by atoms with van der Waals surface area (Å²) in [5.41, 5.74) is 1.73. The lowest BCUT2D eigenvalue weighted by Crippen LogP contribution is -2.44. The van der Waals surface area contributed by atoms with Crippen molar-refractivity contribution in [3.8, 4) is 17.0 Å². The largest absolute Gasteiger partial charge is 0.494 e. The summed E-state index contributed by atoms with van der Waals surface area (Å²) in [4.78, 5) is 39.8. The molecule has 0 saturated carbocycles.